The number of hydrogen-bond donors (Lipinski definition) is 1. The number of hydrogen-bond acceptors (Lipinski definition) is 2. The molecular formula is C11H25NOSi. The van der Waals surface area contributed by atoms with E-state index >= 15 is 0 Å². The van der Waals surface area contributed by atoms with E-state index < -0.39 is 8.32 Å². The topological polar surface area (TPSA) is 35.2 Å². The second-order valence-electron chi connectivity index (χ2n) is 5.99. The molecule has 3 heteroatoms. The van der Waals surface area contributed by atoms with Gasteiger partial charge in [-0.05, 0) is 36.9 Å². The summed E-state index contributed by atoms with van der Waals surface area (Å²) < 4.78 is 6.29. The van der Waals surface area contributed by atoms with Gasteiger partial charge in [0, 0.05) is 6.54 Å². The first-order valence-electron chi connectivity index (χ1n) is 5.66. The van der Waals surface area contributed by atoms with Gasteiger partial charge in [0.2, 0.25) is 0 Å². The van der Waals surface area contributed by atoms with Gasteiger partial charge in [-0.1, -0.05) is 20.8 Å². The van der Waals surface area contributed by atoms with Crippen molar-refractivity contribution in [1.82, 2.24) is 0 Å². The summed E-state index contributed by atoms with van der Waals surface area (Å²) in [6.45, 7) is 12.1. The molecule has 1 atom stereocenters. The van der Waals surface area contributed by atoms with Gasteiger partial charge in [0.25, 0.3) is 0 Å². The molecule has 0 aromatic rings. The summed E-state index contributed by atoms with van der Waals surface area (Å²) in [5.74, 6) is 0.758. The Morgan fingerprint density at radius 3 is 2.14 bits per heavy atom. The third-order valence-electron chi connectivity index (χ3n) is 3.63. The summed E-state index contributed by atoms with van der Waals surface area (Å²) in [4.78, 5) is 0. The number of rotatable bonds is 4. The van der Waals surface area contributed by atoms with Crippen LogP contribution in [0.5, 0.6) is 0 Å². The maximum absolute atomic E-state index is 6.29. The van der Waals surface area contributed by atoms with Crippen LogP contribution in [0, 0.1) is 5.92 Å². The highest BCUT2D eigenvalue weighted by atomic mass is 28.4. The van der Waals surface area contributed by atoms with Crippen LogP contribution in [0.25, 0.3) is 0 Å². The zero-order valence-electron chi connectivity index (χ0n) is 10.3. The minimum atomic E-state index is -1.59. The van der Waals surface area contributed by atoms with Gasteiger partial charge in [-0.2, -0.15) is 0 Å². The van der Waals surface area contributed by atoms with Crippen LogP contribution in [-0.4, -0.2) is 21.0 Å². The summed E-state index contributed by atoms with van der Waals surface area (Å²) in [6.07, 6.45) is 2.96. The highest BCUT2D eigenvalue weighted by Crippen LogP contribution is 2.41. The molecule has 2 N–H and O–H groups in total. The quantitative estimate of drug-likeness (QED) is 0.732. The molecule has 2 nitrogen and oxygen atoms in total. The standard InChI is InChI=1S/C11H25NOSi/c1-11(2,3)14(4,5)13-10(8-12)9-6-7-9/h9-10H,6-8,12H2,1-5H3. The van der Waals surface area contributed by atoms with Crippen molar-refractivity contribution < 1.29 is 4.43 Å². The van der Waals surface area contributed by atoms with Crippen LogP contribution in [0.2, 0.25) is 18.1 Å². The first-order valence-corrected chi connectivity index (χ1v) is 8.56. The van der Waals surface area contributed by atoms with Gasteiger partial charge < -0.3 is 10.2 Å². The van der Waals surface area contributed by atoms with Crippen molar-refractivity contribution in [2.24, 2.45) is 11.7 Å². The fraction of sp³-hybridized carbons (Fsp3) is 1.00. The van der Waals surface area contributed by atoms with E-state index in [0.29, 0.717) is 17.7 Å². The van der Waals surface area contributed by atoms with Crippen molar-refractivity contribution in [3.05, 3.63) is 0 Å². The molecule has 0 radical (unpaired) electrons. The Labute approximate surface area is 89.3 Å². The van der Waals surface area contributed by atoms with Crippen molar-refractivity contribution in [1.29, 1.82) is 0 Å². The molecule has 0 amide bonds. The average molecular weight is 215 g/mol. The summed E-state index contributed by atoms with van der Waals surface area (Å²) in [5.41, 5.74) is 5.76. The van der Waals surface area contributed by atoms with Gasteiger partial charge in [-0.25, -0.2) is 0 Å². The second kappa shape index (κ2) is 3.95. The Morgan fingerprint density at radius 2 is 1.86 bits per heavy atom. The molecule has 0 spiro atoms. The predicted octanol–water partition coefficient (Wildman–Crippen LogP) is 2.75. The van der Waals surface area contributed by atoms with Gasteiger partial charge in [0.05, 0.1) is 6.10 Å². The summed E-state index contributed by atoms with van der Waals surface area (Å²) >= 11 is 0. The van der Waals surface area contributed by atoms with Crippen LogP contribution >= 0.6 is 0 Å². The molecule has 1 aliphatic rings. The van der Waals surface area contributed by atoms with E-state index in [9.17, 15) is 0 Å². The second-order valence-corrected chi connectivity index (χ2v) is 10.7. The molecule has 1 unspecified atom stereocenters. The Morgan fingerprint density at radius 1 is 1.36 bits per heavy atom. The molecule has 84 valence electrons. The molecule has 0 saturated heterocycles. The lowest BCUT2D eigenvalue weighted by molar-refractivity contribution is 0.166. The lowest BCUT2D eigenvalue weighted by Crippen LogP contribution is -2.46. The summed E-state index contributed by atoms with van der Waals surface area (Å²) in [6, 6.07) is 0. The van der Waals surface area contributed by atoms with E-state index in [1.807, 2.05) is 0 Å². The zero-order chi connectivity index (χ0) is 11.0. The van der Waals surface area contributed by atoms with E-state index in [0.717, 1.165) is 5.92 Å². The van der Waals surface area contributed by atoms with Crippen LogP contribution < -0.4 is 5.73 Å². The molecule has 1 fully saturated rings. The zero-order valence-corrected chi connectivity index (χ0v) is 11.3. The first kappa shape index (κ1) is 12.2. The third kappa shape index (κ3) is 2.81. The van der Waals surface area contributed by atoms with Crippen molar-refractivity contribution in [2.75, 3.05) is 6.54 Å². The van der Waals surface area contributed by atoms with Crippen LogP contribution in [-0.2, 0) is 4.43 Å². The summed E-state index contributed by atoms with van der Waals surface area (Å²) in [7, 11) is -1.59. The van der Waals surface area contributed by atoms with E-state index in [4.69, 9.17) is 10.2 Å². The average Bonchev–Trinajstić information content (AvgIpc) is 2.80. The van der Waals surface area contributed by atoms with Gasteiger partial charge in [0.1, 0.15) is 0 Å². The molecular weight excluding hydrogens is 190 g/mol. The monoisotopic (exact) mass is 215 g/mol. The van der Waals surface area contributed by atoms with E-state index in [1.54, 1.807) is 0 Å². The predicted molar refractivity (Wildman–Crippen MR) is 63.8 cm³/mol. The first-order chi connectivity index (χ1) is 6.28. The maximum Gasteiger partial charge on any atom is 0.192 e. The Hall–Kier alpha value is 0.137. The Bertz CT molecular complexity index is 194. The van der Waals surface area contributed by atoms with E-state index in [2.05, 4.69) is 33.9 Å². The molecule has 1 aliphatic carbocycles. The molecule has 0 aromatic carbocycles. The van der Waals surface area contributed by atoms with Crippen molar-refractivity contribution >= 4 is 8.32 Å². The highest BCUT2D eigenvalue weighted by molar-refractivity contribution is 6.74. The minimum Gasteiger partial charge on any atom is -0.412 e. The molecule has 14 heavy (non-hydrogen) atoms. The van der Waals surface area contributed by atoms with Crippen LogP contribution in [0.1, 0.15) is 33.6 Å². The molecule has 1 rings (SSSR count). The largest absolute Gasteiger partial charge is 0.412 e. The number of nitrogens with two attached hydrogens (primary N) is 1. The van der Waals surface area contributed by atoms with Crippen LogP contribution in [0.15, 0.2) is 0 Å². The van der Waals surface area contributed by atoms with E-state index in [1.165, 1.54) is 12.8 Å². The Balaban J connectivity index is 2.55. The summed E-state index contributed by atoms with van der Waals surface area (Å²) in [5, 5.41) is 0.301. The van der Waals surface area contributed by atoms with Crippen molar-refractivity contribution in [3.8, 4) is 0 Å². The van der Waals surface area contributed by atoms with Crippen molar-refractivity contribution in [3.63, 3.8) is 0 Å². The van der Waals surface area contributed by atoms with Gasteiger partial charge in [-0.15, -0.1) is 0 Å². The van der Waals surface area contributed by atoms with E-state index in [-0.39, 0.29) is 0 Å². The fourth-order valence-electron chi connectivity index (χ4n) is 1.36. The van der Waals surface area contributed by atoms with Crippen LogP contribution in [0.3, 0.4) is 0 Å². The van der Waals surface area contributed by atoms with Gasteiger partial charge in [-0.3, -0.25) is 0 Å². The lowest BCUT2D eigenvalue weighted by Gasteiger charge is -2.39. The molecule has 0 heterocycles. The third-order valence-corrected chi connectivity index (χ3v) is 8.14. The smallest absolute Gasteiger partial charge is 0.192 e. The molecule has 1 saturated carbocycles. The molecule has 0 bridgehead atoms. The molecule has 0 aliphatic heterocycles. The lowest BCUT2D eigenvalue weighted by atomic mass is 10.2. The van der Waals surface area contributed by atoms with Gasteiger partial charge in [0.15, 0.2) is 8.32 Å². The SMILES string of the molecule is CC(C)(C)[Si](C)(C)OC(CN)C1CC1. The fourth-order valence-corrected chi connectivity index (χ4v) is 2.76. The minimum absolute atomic E-state index is 0.301. The maximum atomic E-state index is 6.29. The van der Waals surface area contributed by atoms with Crippen molar-refractivity contribution in [2.45, 2.75) is 57.8 Å². The van der Waals surface area contributed by atoms with Crippen LogP contribution in [0.4, 0.5) is 0 Å². The Kier molecular flexibility index (Phi) is 3.44. The van der Waals surface area contributed by atoms with Gasteiger partial charge >= 0.3 is 0 Å². The molecule has 0 aromatic heterocycles. The normalized spacial score (nSPS) is 21.0. The highest BCUT2D eigenvalue weighted by Gasteiger charge is 2.42.